The summed E-state index contributed by atoms with van der Waals surface area (Å²) < 4.78 is 1.33. The van der Waals surface area contributed by atoms with Crippen molar-refractivity contribution in [2.24, 2.45) is 0 Å². The van der Waals surface area contributed by atoms with Crippen LogP contribution in [0.1, 0.15) is 5.56 Å². The minimum absolute atomic E-state index is 1.27. The monoisotopic (exact) mass is 147 g/mol. The molecule has 2 rings (SSSR count). The van der Waals surface area contributed by atoms with E-state index in [1.165, 1.54) is 15.6 Å². The van der Waals surface area contributed by atoms with Crippen molar-refractivity contribution in [1.82, 2.24) is 0 Å². The quantitative estimate of drug-likeness (QED) is 0.537. The molecule has 1 aromatic carbocycles. The molecule has 0 unspecified atom stereocenters. The molecule has 1 aromatic heterocycles. The third-order valence-corrected chi connectivity index (χ3v) is 2.64. The van der Waals surface area contributed by atoms with Crippen molar-refractivity contribution in [2.45, 2.75) is 6.92 Å². The molecule has 0 bridgehead atoms. The lowest BCUT2D eigenvalue weighted by atomic mass is 10.2. The van der Waals surface area contributed by atoms with Crippen LogP contribution in [0, 0.1) is 13.0 Å². The summed E-state index contributed by atoms with van der Waals surface area (Å²) in [5, 5.41) is 3.44. The first-order chi connectivity index (χ1) is 4.88. The van der Waals surface area contributed by atoms with Gasteiger partial charge in [0.2, 0.25) is 0 Å². The van der Waals surface area contributed by atoms with E-state index in [1.54, 1.807) is 11.3 Å². The molecule has 0 saturated carbocycles. The molecule has 0 N–H and O–H groups in total. The van der Waals surface area contributed by atoms with Crippen LogP contribution in [0.5, 0.6) is 0 Å². The molecule has 1 heterocycles. The molecule has 0 aliphatic rings. The zero-order valence-electron chi connectivity index (χ0n) is 5.72. The van der Waals surface area contributed by atoms with Gasteiger partial charge in [0, 0.05) is 10.1 Å². The second-order valence-electron chi connectivity index (χ2n) is 2.33. The molecule has 1 heteroatoms. The van der Waals surface area contributed by atoms with Crippen LogP contribution in [0.4, 0.5) is 0 Å². The number of benzene rings is 1. The molecular formula is C9H7S. The van der Waals surface area contributed by atoms with Gasteiger partial charge < -0.3 is 0 Å². The van der Waals surface area contributed by atoms with Crippen LogP contribution in [0.25, 0.3) is 10.1 Å². The van der Waals surface area contributed by atoms with Gasteiger partial charge in [0.1, 0.15) is 0 Å². The lowest BCUT2D eigenvalue weighted by Gasteiger charge is -1.86. The highest BCUT2D eigenvalue weighted by molar-refractivity contribution is 7.17. The fraction of sp³-hybridized carbons (Fsp3) is 0.111. The summed E-state index contributed by atoms with van der Waals surface area (Å²) in [7, 11) is 0. The van der Waals surface area contributed by atoms with Crippen LogP contribution in [-0.2, 0) is 0 Å². The van der Waals surface area contributed by atoms with E-state index in [4.69, 9.17) is 0 Å². The number of rotatable bonds is 0. The lowest BCUT2D eigenvalue weighted by Crippen LogP contribution is -1.64. The lowest BCUT2D eigenvalue weighted by molar-refractivity contribution is 1.59. The zero-order chi connectivity index (χ0) is 6.97. The van der Waals surface area contributed by atoms with Crippen molar-refractivity contribution in [3.05, 3.63) is 35.2 Å². The molecule has 0 atom stereocenters. The molecule has 0 nitrogen and oxygen atoms in total. The Bertz CT molecular complexity index is 346. The van der Waals surface area contributed by atoms with Gasteiger partial charge in [0.25, 0.3) is 0 Å². The zero-order valence-corrected chi connectivity index (χ0v) is 6.53. The van der Waals surface area contributed by atoms with Gasteiger partial charge in [-0.1, -0.05) is 12.1 Å². The number of hydrogen-bond donors (Lipinski definition) is 0. The van der Waals surface area contributed by atoms with Crippen molar-refractivity contribution < 1.29 is 0 Å². The van der Waals surface area contributed by atoms with Gasteiger partial charge in [-0.05, 0) is 30.0 Å². The normalized spacial score (nSPS) is 10.5. The summed E-state index contributed by atoms with van der Waals surface area (Å²) in [6.07, 6.45) is 0. The second-order valence-corrected chi connectivity index (χ2v) is 3.24. The standard InChI is InChI=1S/C9H7S/c1-7-6-10-9-5-3-2-4-8(7)9/h2-3,5-6H,1H3. The Labute approximate surface area is 64.1 Å². The van der Waals surface area contributed by atoms with E-state index in [0.717, 1.165) is 0 Å². The molecule has 49 valence electrons. The minimum atomic E-state index is 1.27. The van der Waals surface area contributed by atoms with Crippen LogP contribution in [0.3, 0.4) is 0 Å². The average Bonchev–Trinajstić information content (AvgIpc) is 2.34. The Balaban J connectivity index is 2.93. The summed E-state index contributed by atoms with van der Waals surface area (Å²) in [4.78, 5) is 0. The first-order valence-corrected chi connectivity index (χ1v) is 4.10. The van der Waals surface area contributed by atoms with Crippen LogP contribution < -0.4 is 0 Å². The Morgan fingerprint density at radius 2 is 2.40 bits per heavy atom. The van der Waals surface area contributed by atoms with Crippen molar-refractivity contribution in [1.29, 1.82) is 0 Å². The fourth-order valence-corrected chi connectivity index (χ4v) is 1.96. The van der Waals surface area contributed by atoms with E-state index in [1.807, 2.05) is 12.1 Å². The number of thiophene rings is 1. The van der Waals surface area contributed by atoms with Gasteiger partial charge in [0.15, 0.2) is 0 Å². The summed E-state index contributed by atoms with van der Waals surface area (Å²) in [6, 6.07) is 9.32. The van der Waals surface area contributed by atoms with Gasteiger partial charge in [-0.2, -0.15) is 0 Å². The molecule has 0 fully saturated rings. The van der Waals surface area contributed by atoms with E-state index in [9.17, 15) is 0 Å². The van der Waals surface area contributed by atoms with Gasteiger partial charge in [-0.3, -0.25) is 0 Å². The highest BCUT2D eigenvalue weighted by Gasteiger charge is 1.95. The Kier molecular flexibility index (Phi) is 1.24. The maximum Gasteiger partial charge on any atom is 0.0351 e. The fourth-order valence-electron chi connectivity index (χ4n) is 1.04. The molecule has 0 spiro atoms. The second kappa shape index (κ2) is 2.10. The maximum absolute atomic E-state index is 3.21. The predicted octanol–water partition coefficient (Wildman–Crippen LogP) is 3.01. The van der Waals surface area contributed by atoms with E-state index < -0.39 is 0 Å². The predicted molar refractivity (Wildman–Crippen MR) is 45.4 cm³/mol. The van der Waals surface area contributed by atoms with Gasteiger partial charge in [-0.15, -0.1) is 11.3 Å². The van der Waals surface area contributed by atoms with Crippen molar-refractivity contribution in [3.63, 3.8) is 0 Å². The summed E-state index contributed by atoms with van der Waals surface area (Å²) in [5.74, 6) is 0. The molecule has 0 aliphatic heterocycles. The first-order valence-electron chi connectivity index (χ1n) is 3.22. The summed E-state index contributed by atoms with van der Waals surface area (Å²) in [5.41, 5.74) is 1.33. The smallest absolute Gasteiger partial charge is 0.0351 e. The molecule has 0 saturated heterocycles. The molecular weight excluding hydrogens is 140 g/mol. The number of aryl methyl sites for hydroxylation is 1. The topological polar surface area (TPSA) is 0 Å². The highest BCUT2D eigenvalue weighted by Crippen LogP contribution is 2.23. The van der Waals surface area contributed by atoms with Gasteiger partial charge in [0.05, 0.1) is 0 Å². The van der Waals surface area contributed by atoms with Crippen LogP contribution in [0.15, 0.2) is 23.6 Å². The average molecular weight is 147 g/mol. The third kappa shape index (κ3) is 0.745. The maximum atomic E-state index is 3.21. The van der Waals surface area contributed by atoms with Crippen molar-refractivity contribution >= 4 is 21.4 Å². The molecule has 10 heavy (non-hydrogen) atoms. The number of hydrogen-bond acceptors (Lipinski definition) is 1. The summed E-state index contributed by atoms with van der Waals surface area (Å²) in [6.45, 7) is 2.12. The molecule has 0 amide bonds. The Morgan fingerprint density at radius 3 is 3.20 bits per heavy atom. The van der Waals surface area contributed by atoms with E-state index in [-0.39, 0.29) is 0 Å². The highest BCUT2D eigenvalue weighted by atomic mass is 32.1. The van der Waals surface area contributed by atoms with Crippen LogP contribution in [-0.4, -0.2) is 0 Å². The van der Waals surface area contributed by atoms with Gasteiger partial charge >= 0.3 is 0 Å². The summed E-state index contributed by atoms with van der Waals surface area (Å²) >= 11 is 1.78. The van der Waals surface area contributed by atoms with Crippen LogP contribution in [0.2, 0.25) is 0 Å². The van der Waals surface area contributed by atoms with E-state index in [2.05, 4.69) is 24.4 Å². The Hall–Kier alpha value is -0.820. The van der Waals surface area contributed by atoms with Crippen molar-refractivity contribution in [3.8, 4) is 0 Å². The van der Waals surface area contributed by atoms with E-state index >= 15 is 0 Å². The first kappa shape index (κ1) is 5.93. The van der Waals surface area contributed by atoms with E-state index in [0.29, 0.717) is 0 Å². The molecule has 2 aromatic rings. The largest absolute Gasteiger partial charge is 0.144 e. The number of fused-ring (bicyclic) bond motifs is 1. The SMILES string of the molecule is Cc1csc2ccc[c]c12. The van der Waals surface area contributed by atoms with Crippen LogP contribution >= 0.6 is 11.3 Å². The van der Waals surface area contributed by atoms with Gasteiger partial charge in [-0.25, -0.2) is 0 Å². The molecule has 0 aliphatic carbocycles. The minimum Gasteiger partial charge on any atom is -0.144 e. The van der Waals surface area contributed by atoms with Crippen molar-refractivity contribution in [2.75, 3.05) is 0 Å². The Morgan fingerprint density at radius 1 is 1.50 bits per heavy atom. The molecule has 1 radical (unpaired) electrons. The third-order valence-electron chi connectivity index (χ3n) is 1.57.